The summed E-state index contributed by atoms with van der Waals surface area (Å²) in [6.07, 6.45) is 0.865. The van der Waals surface area contributed by atoms with Gasteiger partial charge in [-0.2, -0.15) is 4.99 Å². The number of rotatable bonds is 3. The lowest BCUT2D eigenvalue weighted by Gasteiger charge is -2.08. The monoisotopic (exact) mass is 401 g/mol. The number of aryl methyl sites for hydroxylation is 1. The zero-order valence-electron chi connectivity index (χ0n) is 10.6. The molecule has 2 aromatic carbocycles. The molecule has 20 heavy (non-hydrogen) atoms. The average Bonchev–Trinajstić information content (AvgIpc) is 2.43. The summed E-state index contributed by atoms with van der Waals surface area (Å²) in [4.78, 5) is 3.40. The molecule has 0 radical (unpaired) electrons. The maximum Gasteiger partial charge on any atom is 0.153 e. The number of hydrogen-bond acceptors (Lipinski definition) is 2. The van der Waals surface area contributed by atoms with Gasteiger partial charge in [0.2, 0.25) is 0 Å². The van der Waals surface area contributed by atoms with Crippen LogP contribution < -0.4 is 0 Å². The van der Waals surface area contributed by atoms with Gasteiger partial charge in [0.25, 0.3) is 0 Å². The third-order valence-electron chi connectivity index (χ3n) is 2.93. The Hall–Kier alpha value is -1.17. The van der Waals surface area contributed by atoms with E-state index in [4.69, 9.17) is 0 Å². The molecule has 0 aliphatic rings. The Morgan fingerprint density at radius 1 is 1.15 bits per heavy atom. The summed E-state index contributed by atoms with van der Waals surface area (Å²) in [5.41, 5.74) is 2.00. The fraction of sp³-hybridized carbons (Fsp3) is 0.133. The Labute approximate surface area is 134 Å². The number of benzene rings is 2. The highest BCUT2D eigenvalue weighted by Gasteiger charge is 2.12. The first-order valence-electron chi connectivity index (χ1n) is 5.92. The van der Waals surface area contributed by atoms with E-state index in [1.54, 1.807) is 0 Å². The second kappa shape index (κ2) is 6.52. The molecular weight excluding hydrogens is 391 g/mol. The first kappa shape index (κ1) is 15.2. The molecule has 0 aliphatic carbocycles. The van der Waals surface area contributed by atoms with Crippen LogP contribution in [0.1, 0.15) is 12.5 Å². The highest BCUT2D eigenvalue weighted by atomic mass is 127. The van der Waals surface area contributed by atoms with Crippen molar-refractivity contribution in [3.63, 3.8) is 0 Å². The largest absolute Gasteiger partial charge is 0.204 e. The number of hydrogen-bond donors (Lipinski definition) is 0. The molecule has 0 amide bonds. The van der Waals surface area contributed by atoms with Crippen molar-refractivity contribution in [3.05, 3.63) is 51.1 Å². The van der Waals surface area contributed by atoms with Gasteiger partial charge in [0, 0.05) is 3.57 Å². The Kier molecular flexibility index (Phi) is 4.96. The third-order valence-corrected chi connectivity index (χ3v) is 4.08. The molecular formula is C15H10F2INS. The Morgan fingerprint density at radius 3 is 2.35 bits per heavy atom. The van der Waals surface area contributed by atoms with E-state index in [1.165, 1.54) is 12.1 Å². The molecule has 2 rings (SSSR count). The van der Waals surface area contributed by atoms with Gasteiger partial charge in [-0.1, -0.05) is 19.1 Å². The van der Waals surface area contributed by atoms with Crippen LogP contribution in [-0.4, -0.2) is 5.16 Å². The Balaban J connectivity index is 2.56. The molecule has 2 aromatic rings. The second-order valence-electron chi connectivity index (χ2n) is 4.15. The molecule has 102 valence electrons. The molecule has 0 spiro atoms. The van der Waals surface area contributed by atoms with Crippen molar-refractivity contribution >= 4 is 45.7 Å². The van der Waals surface area contributed by atoms with Crippen molar-refractivity contribution in [2.75, 3.05) is 0 Å². The first-order valence-corrected chi connectivity index (χ1v) is 7.41. The van der Waals surface area contributed by atoms with E-state index in [9.17, 15) is 8.78 Å². The van der Waals surface area contributed by atoms with Gasteiger partial charge in [-0.3, -0.25) is 0 Å². The molecule has 0 atom stereocenters. The van der Waals surface area contributed by atoms with Gasteiger partial charge in [0.15, 0.2) is 11.6 Å². The standard InChI is InChI=1S/C15H10F2INS/c1-2-9-5-10(3-4-14(9)18)11-6-12(16)15(19-8-20)13(17)7-11/h3-7H,2H2,1H3. The number of nitrogens with zero attached hydrogens (tertiary/aromatic N) is 1. The van der Waals surface area contributed by atoms with Crippen molar-refractivity contribution in [1.82, 2.24) is 0 Å². The van der Waals surface area contributed by atoms with E-state index < -0.39 is 17.3 Å². The van der Waals surface area contributed by atoms with Crippen molar-refractivity contribution in [1.29, 1.82) is 0 Å². The molecule has 0 heterocycles. The van der Waals surface area contributed by atoms with Crippen LogP contribution in [0.2, 0.25) is 0 Å². The zero-order valence-corrected chi connectivity index (χ0v) is 13.6. The van der Waals surface area contributed by atoms with Gasteiger partial charge in [-0.15, -0.1) is 0 Å². The predicted octanol–water partition coefficient (Wildman–Crippen LogP) is 5.53. The van der Waals surface area contributed by atoms with Gasteiger partial charge in [0.05, 0.1) is 5.16 Å². The fourth-order valence-electron chi connectivity index (χ4n) is 1.91. The van der Waals surface area contributed by atoms with Gasteiger partial charge in [0.1, 0.15) is 5.69 Å². The summed E-state index contributed by atoms with van der Waals surface area (Å²) >= 11 is 6.62. The molecule has 1 nitrogen and oxygen atoms in total. The van der Waals surface area contributed by atoms with Crippen molar-refractivity contribution in [2.24, 2.45) is 4.99 Å². The van der Waals surface area contributed by atoms with Crippen LogP contribution in [0.25, 0.3) is 11.1 Å². The van der Waals surface area contributed by atoms with Crippen LogP contribution in [-0.2, 0) is 6.42 Å². The van der Waals surface area contributed by atoms with E-state index >= 15 is 0 Å². The molecule has 5 heteroatoms. The number of thiocarbonyl (C=S) groups is 1. The topological polar surface area (TPSA) is 12.4 Å². The lowest BCUT2D eigenvalue weighted by molar-refractivity contribution is 0.588. The van der Waals surface area contributed by atoms with Crippen LogP contribution in [0.5, 0.6) is 0 Å². The summed E-state index contributed by atoms with van der Waals surface area (Å²) in [5, 5.41) is 1.98. The van der Waals surface area contributed by atoms with Gasteiger partial charge in [-0.25, -0.2) is 8.78 Å². The first-order chi connectivity index (χ1) is 9.56. The Bertz CT molecular complexity index is 686. The highest BCUT2D eigenvalue weighted by Crippen LogP contribution is 2.30. The number of halogens is 3. The minimum Gasteiger partial charge on any atom is -0.204 e. The molecule has 0 fully saturated rings. The van der Waals surface area contributed by atoms with Crippen LogP contribution in [0.4, 0.5) is 14.5 Å². The molecule has 0 unspecified atom stereocenters. The van der Waals surface area contributed by atoms with Crippen molar-refractivity contribution in [2.45, 2.75) is 13.3 Å². The van der Waals surface area contributed by atoms with E-state index in [0.29, 0.717) is 5.56 Å². The highest BCUT2D eigenvalue weighted by molar-refractivity contribution is 14.1. The lowest BCUT2D eigenvalue weighted by Crippen LogP contribution is -1.90. The molecule has 0 aromatic heterocycles. The summed E-state index contributed by atoms with van der Waals surface area (Å²) in [7, 11) is 0. The van der Waals surface area contributed by atoms with E-state index in [-0.39, 0.29) is 0 Å². The summed E-state index contributed by atoms with van der Waals surface area (Å²) in [6, 6.07) is 8.25. The predicted molar refractivity (Wildman–Crippen MR) is 88.6 cm³/mol. The van der Waals surface area contributed by atoms with E-state index in [2.05, 4.69) is 39.8 Å². The number of isothiocyanates is 1. The maximum absolute atomic E-state index is 13.8. The van der Waals surface area contributed by atoms with Crippen LogP contribution in [0.3, 0.4) is 0 Å². The summed E-state index contributed by atoms with van der Waals surface area (Å²) in [5.74, 6) is -1.48. The zero-order chi connectivity index (χ0) is 14.7. The minimum absolute atomic E-state index is 0.398. The smallest absolute Gasteiger partial charge is 0.153 e. The van der Waals surface area contributed by atoms with E-state index in [1.807, 2.05) is 30.3 Å². The van der Waals surface area contributed by atoms with E-state index in [0.717, 1.165) is 21.1 Å². The van der Waals surface area contributed by atoms with Crippen molar-refractivity contribution in [3.8, 4) is 11.1 Å². The second-order valence-corrected chi connectivity index (χ2v) is 5.50. The molecule has 0 saturated heterocycles. The van der Waals surface area contributed by atoms with Crippen LogP contribution >= 0.6 is 34.8 Å². The van der Waals surface area contributed by atoms with Crippen molar-refractivity contribution < 1.29 is 8.78 Å². The summed E-state index contributed by atoms with van der Waals surface area (Å²) < 4.78 is 28.8. The van der Waals surface area contributed by atoms with Gasteiger partial charge < -0.3 is 0 Å². The lowest BCUT2D eigenvalue weighted by atomic mass is 10.0. The van der Waals surface area contributed by atoms with Gasteiger partial charge >= 0.3 is 0 Å². The fourth-order valence-corrected chi connectivity index (χ4v) is 2.72. The quantitative estimate of drug-likeness (QED) is 0.374. The average molecular weight is 401 g/mol. The van der Waals surface area contributed by atoms with Gasteiger partial charge in [-0.05, 0) is 76.1 Å². The van der Waals surface area contributed by atoms with Crippen LogP contribution in [0, 0.1) is 15.2 Å². The normalized spacial score (nSPS) is 10.2. The summed E-state index contributed by atoms with van der Waals surface area (Å²) in [6.45, 7) is 2.04. The SMILES string of the molecule is CCc1cc(-c2cc(F)c(N=C=S)c(F)c2)ccc1I. The van der Waals surface area contributed by atoms with Crippen LogP contribution in [0.15, 0.2) is 35.3 Å². The minimum atomic E-state index is -0.742. The molecule has 0 saturated carbocycles. The molecule has 0 N–H and O–H groups in total. The molecule has 0 bridgehead atoms. The maximum atomic E-state index is 13.8. The number of aliphatic imine (C=N–C) groups is 1. The Morgan fingerprint density at radius 2 is 1.80 bits per heavy atom. The third kappa shape index (κ3) is 3.11. The molecule has 0 aliphatic heterocycles.